The topological polar surface area (TPSA) is 167 Å². The molecule has 1 aliphatic heterocycles. The van der Waals surface area contributed by atoms with Gasteiger partial charge in [0.05, 0.1) is 38.6 Å². The highest BCUT2D eigenvalue weighted by atomic mass is 16.6. The van der Waals surface area contributed by atoms with Gasteiger partial charge in [-0.25, -0.2) is 4.79 Å². The van der Waals surface area contributed by atoms with E-state index in [9.17, 15) is 19.2 Å². The summed E-state index contributed by atoms with van der Waals surface area (Å²) in [5, 5.41) is 13.8. The highest BCUT2D eigenvalue weighted by Gasteiger charge is 2.34. The summed E-state index contributed by atoms with van der Waals surface area (Å²) in [5.41, 5.74) is 1.70. The second-order valence-electron chi connectivity index (χ2n) is 10.6. The molecular weight excluding hydrogens is 560 g/mol. The molecule has 0 saturated carbocycles. The van der Waals surface area contributed by atoms with Gasteiger partial charge >= 0.3 is 5.97 Å². The number of nitrogens with zero attached hydrogens (tertiary/aromatic N) is 4. The first kappa shape index (κ1) is 31.1. The Labute approximate surface area is 248 Å². The minimum Gasteiger partial charge on any atom is -0.493 e. The predicted octanol–water partition coefficient (Wildman–Crippen LogP) is 1.73. The number of amides is 3. The van der Waals surface area contributed by atoms with Crippen molar-refractivity contribution in [2.75, 3.05) is 27.3 Å². The summed E-state index contributed by atoms with van der Waals surface area (Å²) in [6, 6.07) is 4.59. The van der Waals surface area contributed by atoms with Crippen molar-refractivity contribution in [3.8, 4) is 22.8 Å². The van der Waals surface area contributed by atoms with Crippen LogP contribution in [-0.4, -0.2) is 89.0 Å². The summed E-state index contributed by atoms with van der Waals surface area (Å²) in [6.45, 7) is 6.78. The van der Waals surface area contributed by atoms with E-state index in [0.717, 1.165) is 5.69 Å². The number of nitrogens with one attached hydrogen (secondary N) is 2. The Morgan fingerprint density at radius 3 is 2.51 bits per heavy atom. The summed E-state index contributed by atoms with van der Waals surface area (Å²) in [6.07, 6.45) is 0.313. The molecule has 4 rings (SSSR count). The van der Waals surface area contributed by atoms with Gasteiger partial charge in [0.2, 0.25) is 12.0 Å². The predicted molar refractivity (Wildman–Crippen MR) is 152 cm³/mol. The van der Waals surface area contributed by atoms with Crippen LogP contribution >= 0.6 is 0 Å². The first-order chi connectivity index (χ1) is 20.4. The number of hydrogen-bond donors (Lipinski definition) is 2. The van der Waals surface area contributed by atoms with E-state index < -0.39 is 48.4 Å². The molecule has 0 radical (unpaired) electrons. The maximum atomic E-state index is 13.8. The van der Waals surface area contributed by atoms with Crippen LogP contribution in [0.2, 0.25) is 0 Å². The fourth-order valence-corrected chi connectivity index (χ4v) is 4.60. The first-order valence-corrected chi connectivity index (χ1v) is 13.7. The third kappa shape index (κ3) is 6.79. The molecule has 2 aromatic heterocycles. The van der Waals surface area contributed by atoms with E-state index in [2.05, 4.69) is 20.9 Å². The Balaban J connectivity index is 1.72. The van der Waals surface area contributed by atoms with Crippen molar-refractivity contribution in [3.63, 3.8) is 0 Å². The molecule has 14 nitrogen and oxygen atoms in total. The second-order valence-corrected chi connectivity index (χ2v) is 10.6. The van der Waals surface area contributed by atoms with Crippen LogP contribution in [0.3, 0.4) is 0 Å². The number of methoxy groups -OCH3 is 2. The van der Waals surface area contributed by atoms with Crippen molar-refractivity contribution in [2.45, 2.75) is 45.9 Å². The van der Waals surface area contributed by atoms with Gasteiger partial charge < -0.3 is 34.3 Å². The normalized spacial score (nSPS) is 19.6. The zero-order valence-electron chi connectivity index (χ0n) is 25.2. The molecule has 230 valence electrons. The minimum atomic E-state index is -1.29. The molecule has 0 fully saturated rings. The lowest BCUT2D eigenvalue weighted by molar-refractivity contribution is -0.150. The van der Waals surface area contributed by atoms with Crippen LogP contribution < -0.4 is 20.1 Å². The lowest BCUT2D eigenvalue weighted by atomic mass is 10.0. The van der Waals surface area contributed by atoms with E-state index in [1.54, 1.807) is 37.0 Å². The smallest absolute Gasteiger partial charge is 0.349 e. The number of rotatable bonds is 5. The van der Waals surface area contributed by atoms with E-state index >= 15 is 0 Å². The van der Waals surface area contributed by atoms with Crippen LogP contribution in [-0.2, 0) is 21.4 Å². The number of carbonyl (C=O) groups excluding carboxylic acids is 4. The Kier molecular flexibility index (Phi) is 9.37. The molecule has 3 atom stereocenters. The van der Waals surface area contributed by atoms with Gasteiger partial charge in [-0.15, -0.1) is 0 Å². The summed E-state index contributed by atoms with van der Waals surface area (Å²) in [7, 11) is 4.40. The van der Waals surface area contributed by atoms with E-state index in [1.165, 1.54) is 31.3 Å². The van der Waals surface area contributed by atoms with Crippen molar-refractivity contribution in [3.05, 3.63) is 47.4 Å². The fourth-order valence-electron chi connectivity index (χ4n) is 4.60. The monoisotopic (exact) mass is 596 g/mol. The van der Waals surface area contributed by atoms with Crippen molar-refractivity contribution in [1.29, 1.82) is 0 Å². The summed E-state index contributed by atoms with van der Waals surface area (Å²) in [4.78, 5) is 54.4. The Morgan fingerprint density at radius 2 is 1.88 bits per heavy atom. The zero-order chi connectivity index (χ0) is 31.4. The van der Waals surface area contributed by atoms with Crippen LogP contribution in [0.1, 0.15) is 47.3 Å². The molecule has 1 aliphatic rings. The van der Waals surface area contributed by atoms with Crippen LogP contribution in [0.25, 0.3) is 11.3 Å². The van der Waals surface area contributed by atoms with Gasteiger partial charge in [-0.1, -0.05) is 19.0 Å². The van der Waals surface area contributed by atoms with E-state index in [1.807, 2.05) is 20.8 Å². The molecule has 3 aromatic rings. The number of carbonyl (C=O) groups is 4. The van der Waals surface area contributed by atoms with E-state index in [0.29, 0.717) is 11.3 Å². The molecule has 43 heavy (non-hydrogen) atoms. The molecule has 2 N–H and O–H groups in total. The molecule has 3 amide bonds. The van der Waals surface area contributed by atoms with Crippen LogP contribution in [0.5, 0.6) is 11.5 Å². The first-order valence-electron chi connectivity index (χ1n) is 13.7. The fraction of sp³-hybridized carbons (Fsp3) is 0.448. The van der Waals surface area contributed by atoms with Gasteiger partial charge in [0.15, 0.2) is 23.0 Å². The molecule has 14 heteroatoms. The third-order valence-corrected chi connectivity index (χ3v) is 7.35. The van der Waals surface area contributed by atoms with Crippen molar-refractivity contribution < 1.29 is 37.9 Å². The lowest BCUT2D eigenvalue weighted by Gasteiger charge is -2.31. The number of benzene rings is 1. The quantitative estimate of drug-likeness (QED) is 0.414. The standard InChI is InChI=1S/C29H36N6O8/c1-15(2)21-13-35(28(38)20-11-23(43-33-20)19-12-30-34(5)17(19)4)14-25(36)31-16(3)26(29(39)41-7)42-24-10-18(27(37)32-21)8-9-22(24)40-6/h8-12,15-16,21,26H,13-14H2,1-7H3,(H,31,36)(H,32,37)/t16-,21+,26+/m0/s1. The summed E-state index contributed by atoms with van der Waals surface area (Å²) >= 11 is 0. The van der Waals surface area contributed by atoms with Gasteiger partial charge in [0, 0.05) is 37.0 Å². The number of fused-ring (bicyclic) bond motifs is 2. The number of aromatic nitrogens is 3. The second kappa shape index (κ2) is 13.0. The SMILES string of the molecule is COC(=O)[C@@H]1Oc2cc(ccc2OC)C(=O)N[C@@H](C(C)C)CN(C(=O)c2cc(-c3cnn(C)c3C)on2)CC(=O)N[C@H]1C. The summed E-state index contributed by atoms with van der Waals surface area (Å²) < 4.78 is 23.4. The minimum absolute atomic E-state index is 0.0158. The molecular formula is C29H36N6O8. The Morgan fingerprint density at radius 1 is 1.14 bits per heavy atom. The van der Waals surface area contributed by atoms with Crippen molar-refractivity contribution in [1.82, 2.24) is 30.5 Å². The van der Waals surface area contributed by atoms with Crippen LogP contribution in [0.15, 0.2) is 35.0 Å². The van der Waals surface area contributed by atoms with Crippen molar-refractivity contribution >= 4 is 23.7 Å². The largest absolute Gasteiger partial charge is 0.493 e. The number of esters is 1. The van der Waals surface area contributed by atoms with Gasteiger partial charge in [-0.3, -0.25) is 19.1 Å². The van der Waals surface area contributed by atoms with E-state index in [-0.39, 0.29) is 35.2 Å². The molecule has 2 bridgehead atoms. The number of hydrogen-bond acceptors (Lipinski definition) is 10. The Hall–Kier alpha value is -4.88. The molecule has 0 saturated heterocycles. The van der Waals surface area contributed by atoms with Crippen LogP contribution in [0, 0.1) is 12.8 Å². The highest BCUT2D eigenvalue weighted by Crippen LogP contribution is 2.30. The van der Waals surface area contributed by atoms with E-state index in [4.69, 9.17) is 18.7 Å². The average molecular weight is 597 g/mol. The highest BCUT2D eigenvalue weighted by molar-refractivity contribution is 5.97. The maximum absolute atomic E-state index is 13.8. The zero-order valence-corrected chi connectivity index (χ0v) is 25.2. The summed E-state index contributed by atoms with van der Waals surface area (Å²) in [5.74, 6) is -1.75. The number of aryl methyl sites for hydroxylation is 1. The molecule has 0 unspecified atom stereocenters. The molecule has 3 heterocycles. The Bertz CT molecular complexity index is 1510. The maximum Gasteiger partial charge on any atom is 0.349 e. The third-order valence-electron chi connectivity index (χ3n) is 7.35. The van der Waals surface area contributed by atoms with Crippen LogP contribution in [0.4, 0.5) is 0 Å². The van der Waals surface area contributed by atoms with Gasteiger partial charge in [0.1, 0.15) is 0 Å². The molecule has 0 spiro atoms. The van der Waals surface area contributed by atoms with Gasteiger partial charge in [-0.05, 0) is 38.0 Å². The average Bonchev–Trinajstić information content (AvgIpc) is 3.59. The van der Waals surface area contributed by atoms with Gasteiger partial charge in [0.25, 0.3) is 11.8 Å². The molecule has 1 aromatic carbocycles. The lowest BCUT2D eigenvalue weighted by Crippen LogP contribution is -2.54. The number of ether oxygens (including phenoxy) is 3. The molecule has 0 aliphatic carbocycles. The van der Waals surface area contributed by atoms with Gasteiger partial charge in [-0.2, -0.15) is 5.10 Å². The van der Waals surface area contributed by atoms with Crippen molar-refractivity contribution in [2.24, 2.45) is 13.0 Å².